The third kappa shape index (κ3) is 3.97. The number of aromatic nitrogens is 1. The number of hydrogen-bond donors (Lipinski definition) is 1. The van der Waals surface area contributed by atoms with Crippen LogP contribution in [0.25, 0.3) is 0 Å². The molecule has 6 heteroatoms. The molecule has 0 spiro atoms. The fourth-order valence-electron chi connectivity index (χ4n) is 2.84. The quantitative estimate of drug-likeness (QED) is 0.687. The Labute approximate surface area is 148 Å². The van der Waals surface area contributed by atoms with Gasteiger partial charge in [0.25, 0.3) is 0 Å². The average molecular weight is 344 g/mol. The van der Waals surface area contributed by atoms with Gasteiger partial charge in [-0.3, -0.25) is 4.99 Å². The van der Waals surface area contributed by atoms with Gasteiger partial charge in [0.15, 0.2) is 5.96 Å². The Morgan fingerprint density at radius 1 is 1.12 bits per heavy atom. The van der Waals surface area contributed by atoms with Gasteiger partial charge < -0.3 is 15.1 Å². The van der Waals surface area contributed by atoms with Gasteiger partial charge in [-0.25, -0.2) is 4.98 Å². The molecule has 0 radical (unpaired) electrons. The Balaban J connectivity index is 1.55. The predicted octanol–water partition coefficient (Wildman–Crippen LogP) is 2.63. The van der Waals surface area contributed by atoms with E-state index in [9.17, 15) is 0 Å². The summed E-state index contributed by atoms with van der Waals surface area (Å²) in [5.74, 6) is 1.95. The van der Waals surface area contributed by atoms with Crippen molar-refractivity contribution in [1.29, 1.82) is 0 Å². The van der Waals surface area contributed by atoms with E-state index >= 15 is 0 Å². The third-order valence-corrected chi connectivity index (χ3v) is 4.53. The molecule has 2 heterocycles. The van der Waals surface area contributed by atoms with Crippen LogP contribution in [0.1, 0.15) is 5.56 Å². The van der Waals surface area contributed by atoms with E-state index in [1.807, 2.05) is 49.6 Å². The summed E-state index contributed by atoms with van der Waals surface area (Å²) in [7, 11) is 1.82. The highest BCUT2D eigenvalue weighted by Gasteiger charge is 2.20. The summed E-state index contributed by atoms with van der Waals surface area (Å²) in [4.78, 5) is 13.4. The minimum absolute atomic E-state index is 0.673. The number of nitrogens with one attached hydrogen (secondary N) is 1. The lowest BCUT2D eigenvalue weighted by Crippen LogP contribution is -2.52. The average Bonchev–Trinajstić information content (AvgIpc) is 2.65. The van der Waals surface area contributed by atoms with Gasteiger partial charge in [-0.1, -0.05) is 35.9 Å². The first-order chi connectivity index (χ1) is 11.8. The number of aliphatic imine (C=N–C) groups is 1. The zero-order valence-corrected chi connectivity index (χ0v) is 14.6. The van der Waals surface area contributed by atoms with Crippen LogP contribution in [0.2, 0.25) is 5.02 Å². The van der Waals surface area contributed by atoms with Crippen LogP contribution >= 0.6 is 11.6 Å². The second-order valence-electron chi connectivity index (χ2n) is 5.65. The van der Waals surface area contributed by atoms with Crippen molar-refractivity contribution in [3.8, 4) is 0 Å². The van der Waals surface area contributed by atoms with Crippen LogP contribution in [-0.2, 0) is 6.54 Å². The predicted molar refractivity (Wildman–Crippen MR) is 99.7 cm³/mol. The number of halogens is 1. The highest BCUT2D eigenvalue weighted by atomic mass is 35.5. The fourth-order valence-corrected chi connectivity index (χ4v) is 3.04. The molecule has 1 N–H and O–H groups in total. The zero-order chi connectivity index (χ0) is 16.8. The minimum atomic E-state index is 0.673. The minimum Gasteiger partial charge on any atom is -0.353 e. The zero-order valence-electron chi connectivity index (χ0n) is 13.8. The van der Waals surface area contributed by atoms with Crippen LogP contribution in [0, 0.1) is 0 Å². The second kappa shape index (κ2) is 8.02. The molecule has 0 atom stereocenters. The van der Waals surface area contributed by atoms with E-state index in [0.717, 1.165) is 48.5 Å². The Morgan fingerprint density at radius 2 is 1.88 bits per heavy atom. The second-order valence-corrected chi connectivity index (χ2v) is 6.06. The van der Waals surface area contributed by atoms with Crippen molar-refractivity contribution < 1.29 is 0 Å². The van der Waals surface area contributed by atoms with Crippen LogP contribution < -0.4 is 10.2 Å². The number of guanidine groups is 1. The lowest BCUT2D eigenvalue weighted by Gasteiger charge is -2.37. The normalized spacial score (nSPS) is 15.5. The number of hydrogen-bond acceptors (Lipinski definition) is 3. The van der Waals surface area contributed by atoms with E-state index in [2.05, 4.69) is 31.2 Å². The van der Waals surface area contributed by atoms with Crippen molar-refractivity contribution in [3.05, 3.63) is 59.2 Å². The van der Waals surface area contributed by atoms with Gasteiger partial charge in [-0.15, -0.1) is 0 Å². The first kappa shape index (κ1) is 16.6. The molecule has 0 bridgehead atoms. The molecule has 2 aromatic rings. The Bertz CT molecular complexity index is 681. The van der Waals surface area contributed by atoms with Gasteiger partial charge in [0, 0.05) is 51.0 Å². The van der Waals surface area contributed by atoms with Crippen molar-refractivity contribution in [2.75, 3.05) is 38.1 Å². The maximum atomic E-state index is 6.22. The van der Waals surface area contributed by atoms with Crippen molar-refractivity contribution in [1.82, 2.24) is 15.2 Å². The highest BCUT2D eigenvalue weighted by molar-refractivity contribution is 6.31. The van der Waals surface area contributed by atoms with Crippen molar-refractivity contribution in [2.24, 2.45) is 4.99 Å². The van der Waals surface area contributed by atoms with Crippen LogP contribution in [0.3, 0.4) is 0 Å². The monoisotopic (exact) mass is 343 g/mol. The van der Waals surface area contributed by atoms with Gasteiger partial charge in [0.2, 0.25) is 0 Å². The van der Waals surface area contributed by atoms with Crippen LogP contribution in [0.4, 0.5) is 5.82 Å². The molecule has 0 saturated carbocycles. The van der Waals surface area contributed by atoms with Crippen LogP contribution in [0.5, 0.6) is 0 Å². The number of nitrogens with zero attached hydrogens (tertiary/aromatic N) is 4. The van der Waals surface area contributed by atoms with E-state index < -0.39 is 0 Å². The molecular weight excluding hydrogens is 322 g/mol. The molecule has 1 aliphatic rings. The summed E-state index contributed by atoms with van der Waals surface area (Å²) in [6.45, 7) is 4.37. The number of anilines is 1. The number of piperazine rings is 1. The van der Waals surface area contributed by atoms with E-state index in [1.165, 1.54) is 0 Å². The summed E-state index contributed by atoms with van der Waals surface area (Å²) in [6, 6.07) is 13.9. The Morgan fingerprint density at radius 3 is 2.54 bits per heavy atom. The molecule has 0 aliphatic carbocycles. The first-order valence-corrected chi connectivity index (χ1v) is 8.50. The summed E-state index contributed by atoms with van der Waals surface area (Å²) in [5, 5.41) is 4.19. The molecule has 0 unspecified atom stereocenters. The summed E-state index contributed by atoms with van der Waals surface area (Å²) >= 11 is 6.22. The summed E-state index contributed by atoms with van der Waals surface area (Å²) < 4.78 is 0. The molecule has 1 aliphatic heterocycles. The fraction of sp³-hybridized carbons (Fsp3) is 0.333. The third-order valence-electron chi connectivity index (χ3n) is 4.16. The smallest absolute Gasteiger partial charge is 0.194 e. The lowest BCUT2D eigenvalue weighted by atomic mass is 10.2. The van der Waals surface area contributed by atoms with Crippen molar-refractivity contribution in [3.63, 3.8) is 0 Å². The molecule has 126 valence electrons. The Kier molecular flexibility index (Phi) is 5.54. The van der Waals surface area contributed by atoms with Crippen molar-refractivity contribution >= 4 is 23.4 Å². The SMILES string of the molecule is CN=C(NCc1ccccc1Cl)N1CCN(c2ccccn2)CC1. The highest BCUT2D eigenvalue weighted by Crippen LogP contribution is 2.15. The van der Waals surface area contributed by atoms with E-state index in [-0.39, 0.29) is 0 Å². The first-order valence-electron chi connectivity index (χ1n) is 8.13. The van der Waals surface area contributed by atoms with Gasteiger partial charge in [0.1, 0.15) is 5.82 Å². The van der Waals surface area contributed by atoms with Gasteiger partial charge in [0.05, 0.1) is 0 Å². The van der Waals surface area contributed by atoms with Gasteiger partial charge in [-0.2, -0.15) is 0 Å². The molecule has 1 saturated heterocycles. The van der Waals surface area contributed by atoms with Gasteiger partial charge >= 0.3 is 0 Å². The van der Waals surface area contributed by atoms with E-state index in [0.29, 0.717) is 6.54 Å². The maximum absolute atomic E-state index is 6.22. The standard InChI is InChI=1S/C18H22ClN5/c1-20-18(22-14-15-6-2-3-7-16(15)19)24-12-10-23(11-13-24)17-8-4-5-9-21-17/h2-9H,10-14H2,1H3,(H,20,22). The summed E-state index contributed by atoms with van der Waals surface area (Å²) in [5.41, 5.74) is 1.08. The number of rotatable bonds is 3. The molecule has 5 nitrogen and oxygen atoms in total. The largest absolute Gasteiger partial charge is 0.353 e. The topological polar surface area (TPSA) is 43.8 Å². The maximum Gasteiger partial charge on any atom is 0.194 e. The molecule has 1 fully saturated rings. The molecule has 0 amide bonds. The molecule has 3 rings (SSSR count). The molecular formula is C18H22ClN5. The lowest BCUT2D eigenvalue weighted by molar-refractivity contribution is 0.371. The number of pyridine rings is 1. The van der Waals surface area contributed by atoms with E-state index in [4.69, 9.17) is 11.6 Å². The van der Waals surface area contributed by atoms with E-state index in [1.54, 1.807) is 0 Å². The number of benzene rings is 1. The molecule has 24 heavy (non-hydrogen) atoms. The summed E-state index contributed by atoms with van der Waals surface area (Å²) in [6.07, 6.45) is 1.84. The molecule has 1 aromatic carbocycles. The van der Waals surface area contributed by atoms with Gasteiger partial charge in [-0.05, 0) is 23.8 Å². The molecule has 1 aromatic heterocycles. The Hall–Kier alpha value is -2.27. The van der Waals surface area contributed by atoms with Crippen LogP contribution in [-0.4, -0.2) is 49.1 Å². The van der Waals surface area contributed by atoms with Crippen LogP contribution in [0.15, 0.2) is 53.7 Å². The van der Waals surface area contributed by atoms with Crippen molar-refractivity contribution in [2.45, 2.75) is 6.54 Å².